The van der Waals surface area contributed by atoms with Gasteiger partial charge in [-0.1, -0.05) is 39.8 Å². The first kappa shape index (κ1) is 49.1. The van der Waals surface area contributed by atoms with Crippen LogP contribution in [0.25, 0.3) is 11.2 Å². The largest absolute Gasteiger partial charge is 0.481 e. The van der Waals surface area contributed by atoms with Crippen molar-refractivity contribution in [2.75, 3.05) is 32.0 Å². The molecule has 0 spiro atoms. The van der Waals surface area contributed by atoms with Crippen molar-refractivity contribution >= 4 is 52.3 Å². The van der Waals surface area contributed by atoms with Gasteiger partial charge in [-0.3, -0.25) is 27.7 Å². The summed E-state index contributed by atoms with van der Waals surface area (Å²) in [5.74, 6) is 0.794. The highest BCUT2D eigenvalue weighted by Crippen LogP contribution is 2.62. The molecule has 1 saturated carbocycles. The number of hydrogen-bond acceptors (Lipinski definition) is 18. The molecular formula is C34H55N10O16P3. The number of carbonyl (C=O) groups is 2. The van der Waals surface area contributed by atoms with E-state index in [4.69, 9.17) is 19.5 Å². The lowest BCUT2D eigenvalue weighted by Crippen LogP contribution is -2.46. The molecule has 10 atom stereocenters. The number of aliphatic hydroxyl groups is 2. The van der Waals surface area contributed by atoms with Crippen LogP contribution >= 0.6 is 23.5 Å². The summed E-state index contributed by atoms with van der Waals surface area (Å²) in [7, 11) is -16.4. The van der Waals surface area contributed by atoms with Crippen molar-refractivity contribution in [3.63, 3.8) is 0 Å². The molecule has 1 saturated heterocycles. The molecule has 3 aliphatic rings. The Labute approximate surface area is 361 Å². The monoisotopic (exact) mass is 952 g/mol. The van der Waals surface area contributed by atoms with Gasteiger partial charge in [-0.25, -0.2) is 33.3 Å². The average Bonchev–Trinajstić information content (AvgIpc) is 3.37. The minimum absolute atomic E-state index is 0.0367. The minimum Gasteiger partial charge on any atom is -0.386 e. The third-order valence-corrected chi connectivity index (χ3v) is 14.5. The van der Waals surface area contributed by atoms with Gasteiger partial charge >= 0.3 is 23.5 Å². The van der Waals surface area contributed by atoms with Gasteiger partial charge in [0.05, 0.1) is 37.5 Å². The SMILES string of the molecule is CC(C)(C)C1C2CCc3nnn(CCNC(=O)CCNC(=O)C(O)C(C)(C)COP(=O)(O)OP(=O)(O)OCC4OC(n5cnc6c(N)ncnc65)C(O)C4OP(=O)(O)O)c3CCC21. The maximum atomic E-state index is 12.8. The number of nitrogens with two attached hydrogens (primary N) is 1. The molecule has 0 bridgehead atoms. The Morgan fingerprint density at radius 1 is 0.984 bits per heavy atom. The number of carbonyl (C=O) groups excluding carboxylic acids is 2. The third-order valence-electron chi connectivity index (χ3n) is 11.4. The second-order valence-corrected chi connectivity index (χ2v) is 21.8. The van der Waals surface area contributed by atoms with Crippen molar-refractivity contribution in [1.29, 1.82) is 0 Å². The van der Waals surface area contributed by atoms with Gasteiger partial charge in [-0.2, -0.15) is 4.31 Å². The summed E-state index contributed by atoms with van der Waals surface area (Å²) >= 11 is 0. The topological polar surface area (TPSA) is 377 Å². The summed E-state index contributed by atoms with van der Waals surface area (Å²) in [6.45, 7) is 8.00. The zero-order chi connectivity index (χ0) is 46.3. The predicted octanol–water partition coefficient (Wildman–Crippen LogP) is 0.484. The van der Waals surface area contributed by atoms with Gasteiger partial charge in [0.15, 0.2) is 17.7 Å². The lowest BCUT2D eigenvalue weighted by molar-refractivity contribution is -0.137. The van der Waals surface area contributed by atoms with E-state index in [1.54, 1.807) is 0 Å². The molecule has 3 aromatic heterocycles. The smallest absolute Gasteiger partial charge is 0.386 e. The number of ether oxygens (including phenoxy) is 1. The summed E-state index contributed by atoms with van der Waals surface area (Å²) in [6.07, 6.45) is -2.88. The van der Waals surface area contributed by atoms with Crippen molar-refractivity contribution in [3.8, 4) is 0 Å². The zero-order valence-corrected chi connectivity index (χ0v) is 37.8. The van der Waals surface area contributed by atoms with Gasteiger partial charge in [0.2, 0.25) is 11.8 Å². The fourth-order valence-corrected chi connectivity index (χ4v) is 11.2. The molecule has 6 rings (SSSR count). The Bertz CT molecular complexity index is 2280. The number of nitrogen functional groups attached to an aromatic ring is 1. The first-order valence-corrected chi connectivity index (χ1v) is 24.6. The molecule has 4 heterocycles. The van der Waals surface area contributed by atoms with E-state index in [0.717, 1.165) is 60.2 Å². The quantitative estimate of drug-likeness (QED) is 0.0738. The minimum atomic E-state index is -5.57. The molecule has 3 aromatic rings. The lowest BCUT2D eigenvalue weighted by Gasteiger charge is -2.30. The van der Waals surface area contributed by atoms with Crippen LogP contribution in [0, 0.1) is 28.6 Å². The van der Waals surface area contributed by atoms with Crippen LogP contribution in [0.3, 0.4) is 0 Å². The summed E-state index contributed by atoms with van der Waals surface area (Å²) in [4.78, 5) is 76.6. The number of hydrogen-bond donors (Lipinski definition) is 9. The highest BCUT2D eigenvalue weighted by molar-refractivity contribution is 7.61. The second kappa shape index (κ2) is 18.9. The number of anilines is 1. The van der Waals surface area contributed by atoms with Gasteiger partial charge in [0, 0.05) is 24.9 Å². The number of nitrogens with one attached hydrogen (secondary N) is 2. The van der Waals surface area contributed by atoms with Gasteiger partial charge in [-0.15, -0.1) is 5.10 Å². The Kier molecular flexibility index (Phi) is 14.7. The fourth-order valence-electron chi connectivity index (χ4n) is 8.38. The van der Waals surface area contributed by atoms with E-state index >= 15 is 0 Å². The summed E-state index contributed by atoms with van der Waals surface area (Å²) in [5, 5.41) is 35.6. The number of nitrogens with zero attached hydrogens (tertiary/aromatic N) is 7. The zero-order valence-electron chi connectivity index (χ0n) is 35.2. The van der Waals surface area contributed by atoms with Crippen LogP contribution in [0.5, 0.6) is 0 Å². The molecule has 10 N–H and O–H groups in total. The van der Waals surface area contributed by atoms with Gasteiger partial charge in [0.1, 0.15) is 36.3 Å². The van der Waals surface area contributed by atoms with Gasteiger partial charge in [0.25, 0.3) is 0 Å². The predicted molar refractivity (Wildman–Crippen MR) is 216 cm³/mol. The molecule has 2 aliphatic carbocycles. The summed E-state index contributed by atoms with van der Waals surface area (Å²) in [6, 6.07) is 0. The Morgan fingerprint density at radius 2 is 1.67 bits per heavy atom. The molecule has 26 nitrogen and oxygen atoms in total. The number of aryl methyl sites for hydroxylation is 1. The van der Waals surface area contributed by atoms with E-state index in [0.29, 0.717) is 18.4 Å². The number of aliphatic hydroxyl groups excluding tert-OH is 2. The second-order valence-electron chi connectivity index (χ2n) is 17.6. The van der Waals surface area contributed by atoms with Crippen molar-refractivity contribution in [1.82, 2.24) is 45.1 Å². The van der Waals surface area contributed by atoms with Crippen molar-refractivity contribution in [3.05, 3.63) is 24.0 Å². The fraction of sp³-hybridized carbons (Fsp3) is 0.735. The Morgan fingerprint density at radius 3 is 2.35 bits per heavy atom. The standard InChI is InChI=1S/C34H55N10O16P3/c1-33(2,3)24-18-6-8-20-21(9-7-19(18)24)44(42-41-20)13-12-36-23(45)10-11-37-31(48)28(47)34(4,5)15-57-63(54,55)60-62(52,53)56-14-22-27(59-61(49,50)51)26(46)32(58-22)43-17-40-25-29(35)38-16-39-30(25)43/h16-19,22,24,26-28,32,46-47H,6-15H2,1-5H3,(H,36,45)(H,37,48)(H,52,53)(H,54,55)(H2,35,38,39)(H2,49,50,51). The highest BCUT2D eigenvalue weighted by atomic mass is 31.3. The molecule has 0 radical (unpaired) electrons. The van der Waals surface area contributed by atoms with Gasteiger partial charge < -0.3 is 50.9 Å². The molecule has 2 fully saturated rings. The number of imidazole rings is 1. The van der Waals surface area contributed by atoms with Gasteiger partial charge in [-0.05, 0) is 48.9 Å². The number of amides is 2. The molecular weight excluding hydrogens is 897 g/mol. The van der Waals surface area contributed by atoms with Crippen LogP contribution in [0.15, 0.2) is 12.7 Å². The van der Waals surface area contributed by atoms with Crippen LogP contribution in [0.2, 0.25) is 0 Å². The lowest BCUT2D eigenvalue weighted by atomic mass is 9.87. The van der Waals surface area contributed by atoms with E-state index in [9.17, 15) is 53.1 Å². The maximum Gasteiger partial charge on any atom is 0.481 e. The first-order chi connectivity index (χ1) is 29.3. The van der Waals surface area contributed by atoms with Crippen molar-refractivity contribution < 1.29 is 75.7 Å². The van der Waals surface area contributed by atoms with Crippen molar-refractivity contribution in [2.24, 2.45) is 28.6 Å². The van der Waals surface area contributed by atoms with Crippen LogP contribution < -0.4 is 16.4 Å². The molecule has 63 heavy (non-hydrogen) atoms. The summed E-state index contributed by atoms with van der Waals surface area (Å²) < 4.78 is 64.4. The van der Waals surface area contributed by atoms with Crippen LogP contribution in [0.1, 0.15) is 71.5 Å². The normalized spacial score (nSPS) is 26.4. The van der Waals surface area contributed by atoms with E-state index < -0.39 is 78.6 Å². The highest BCUT2D eigenvalue weighted by Gasteiger charge is 2.55. The van der Waals surface area contributed by atoms with E-state index in [1.165, 1.54) is 13.8 Å². The molecule has 2 amide bonds. The molecule has 0 aromatic carbocycles. The van der Waals surface area contributed by atoms with E-state index in [2.05, 4.69) is 65.5 Å². The molecule has 29 heteroatoms. The maximum absolute atomic E-state index is 12.8. The molecule has 352 valence electrons. The van der Waals surface area contributed by atoms with Crippen molar-refractivity contribution in [2.45, 2.75) is 104 Å². The summed E-state index contributed by atoms with van der Waals surface area (Å²) in [5.41, 5.74) is 6.68. The number of rotatable bonds is 19. The van der Waals surface area contributed by atoms with Crippen LogP contribution in [-0.2, 0) is 65.3 Å². The van der Waals surface area contributed by atoms with E-state index in [1.807, 2.05) is 4.68 Å². The Balaban J connectivity index is 0.924. The number of aromatic nitrogens is 7. The number of phosphoric ester groups is 3. The number of fused-ring (bicyclic) bond motifs is 3. The average molecular weight is 953 g/mol. The van der Waals surface area contributed by atoms with Crippen LogP contribution in [-0.4, -0.2) is 127 Å². The first-order valence-electron chi connectivity index (χ1n) is 20.1. The molecule has 1 aliphatic heterocycles. The van der Waals surface area contributed by atoms with Crippen LogP contribution in [0.4, 0.5) is 5.82 Å². The third kappa shape index (κ3) is 12.1. The molecule has 10 unspecified atom stereocenters. The Hall–Kier alpha value is -3.32. The van der Waals surface area contributed by atoms with E-state index in [-0.39, 0.29) is 47.8 Å². The number of phosphoric acid groups is 3.